The molecular weight excluding hydrogens is 468 g/mol. The molecule has 4 aromatic rings. The lowest BCUT2D eigenvalue weighted by Crippen LogP contribution is -2.31. The van der Waals surface area contributed by atoms with Crippen molar-refractivity contribution in [3.05, 3.63) is 101 Å². The first-order valence-electron chi connectivity index (χ1n) is 10.2. The van der Waals surface area contributed by atoms with Crippen molar-refractivity contribution >= 4 is 38.7 Å². The normalized spacial score (nSPS) is 11.7. The zero-order chi connectivity index (χ0) is 22.5. The SMILES string of the molecule is C[C@@H](NC(=O)COC(=O)c1cc(-c2cccc(Br)c2)nc2ccccc12)c1ccccc1. The number of esters is 1. The van der Waals surface area contributed by atoms with Gasteiger partial charge in [-0.3, -0.25) is 4.79 Å². The number of carbonyl (C=O) groups excluding carboxylic acids is 2. The van der Waals surface area contributed by atoms with Gasteiger partial charge in [0.25, 0.3) is 5.91 Å². The van der Waals surface area contributed by atoms with Gasteiger partial charge in [0.15, 0.2) is 6.61 Å². The summed E-state index contributed by atoms with van der Waals surface area (Å²) >= 11 is 3.47. The van der Waals surface area contributed by atoms with E-state index < -0.39 is 5.97 Å². The van der Waals surface area contributed by atoms with Gasteiger partial charge in [-0.05, 0) is 36.8 Å². The highest BCUT2D eigenvalue weighted by molar-refractivity contribution is 9.10. The van der Waals surface area contributed by atoms with E-state index >= 15 is 0 Å². The lowest BCUT2D eigenvalue weighted by molar-refractivity contribution is -0.124. The van der Waals surface area contributed by atoms with Crippen LogP contribution in [0.4, 0.5) is 0 Å². The zero-order valence-corrected chi connectivity index (χ0v) is 19.0. The number of nitrogens with one attached hydrogen (secondary N) is 1. The number of nitrogens with zero attached hydrogens (tertiary/aromatic N) is 1. The van der Waals surface area contributed by atoms with Crippen molar-refractivity contribution in [2.45, 2.75) is 13.0 Å². The summed E-state index contributed by atoms with van der Waals surface area (Å²) in [6.45, 7) is 1.52. The molecule has 4 rings (SSSR count). The molecule has 0 spiro atoms. The van der Waals surface area contributed by atoms with E-state index in [4.69, 9.17) is 4.74 Å². The Morgan fingerprint density at radius 2 is 1.72 bits per heavy atom. The Labute approximate surface area is 194 Å². The quantitative estimate of drug-likeness (QED) is 0.353. The Hall–Kier alpha value is -3.51. The summed E-state index contributed by atoms with van der Waals surface area (Å²) in [5, 5.41) is 3.53. The average molecular weight is 489 g/mol. The molecule has 1 amide bonds. The van der Waals surface area contributed by atoms with Crippen molar-refractivity contribution < 1.29 is 14.3 Å². The van der Waals surface area contributed by atoms with Crippen molar-refractivity contribution in [1.29, 1.82) is 0 Å². The van der Waals surface area contributed by atoms with Gasteiger partial charge in [0, 0.05) is 15.4 Å². The number of hydrogen-bond donors (Lipinski definition) is 1. The number of rotatable bonds is 6. The molecule has 1 atom stereocenters. The van der Waals surface area contributed by atoms with Gasteiger partial charge < -0.3 is 10.1 Å². The Balaban J connectivity index is 1.53. The minimum atomic E-state index is -0.567. The number of halogens is 1. The first-order chi connectivity index (χ1) is 15.5. The highest BCUT2D eigenvalue weighted by Crippen LogP contribution is 2.27. The van der Waals surface area contributed by atoms with Gasteiger partial charge in [-0.25, -0.2) is 9.78 Å². The summed E-state index contributed by atoms with van der Waals surface area (Å²) < 4.78 is 6.28. The molecule has 160 valence electrons. The molecule has 0 fully saturated rings. The summed E-state index contributed by atoms with van der Waals surface area (Å²) in [6, 6.07) is 26.2. The number of pyridine rings is 1. The van der Waals surface area contributed by atoms with E-state index in [-0.39, 0.29) is 18.6 Å². The predicted octanol–water partition coefficient (Wildman–Crippen LogP) is 5.70. The zero-order valence-electron chi connectivity index (χ0n) is 17.4. The van der Waals surface area contributed by atoms with Crippen LogP contribution in [0.3, 0.4) is 0 Å². The van der Waals surface area contributed by atoms with Gasteiger partial charge >= 0.3 is 5.97 Å². The standard InChI is InChI=1S/C26H21BrN2O3/c1-17(18-8-3-2-4-9-18)28-25(30)16-32-26(31)22-15-24(19-10-7-11-20(27)14-19)29-23-13-6-5-12-21(22)23/h2-15,17H,16H2,1H3,(H,28,30)/t17-/m1/s1. The fraction of sp³-hybridized carbons (Fsp3) is 0.115. The predicted molar refractivity (Wildman–Crippen MR) is 128 cm³/mol. The molecule has 0 aliphatic heterocycles. The maximum absolute atomic E-state index is 12.9. The van der Waals surface area contributed by atoms with E-state index in [2.05, 4.69) is 26.2 Å². The number of ether oxygens (including phenoxy) is 1. The Morgan fingerprint density at radius 1 is 0.969 bits per heavy atom. The molecule has 0 saturated carbocycles. The summed E-state index contributed by atoms with van der Waals surface area (Å²) in [5.41, 5.74) is 3.55. The van der Waals surface area contributed by atoms with E-state index in [0.717, 1.165) is 15.6 Å². The van der Waals surface area contributed by atoms with Crippen LogP contribution in [0.1, 0.15) is 28.9 Å². The van der Waals surface area contributed by atoms with Crippen LogP contribution in [-0.2, 0) is 9.53 Å². The van der Waals surface area contributed by atoms with Crippen LogP contribution in [0.2, 0.25) is 0 Å². The number of hydrogen-bond acceptors (Lipinski definition) is 4. The second kappa shape index (κ2) is 9.75. The molecule has 0 radical (unpaired) electrons. The molecule has 1 aromatic heterocycles. The summed E-state index contributed by atoms with van der Waals surface area (Å²) in [5.74, 6) is -0.928. The Kier molecular flexibility index (Phi) is 6.61. The fourth-order valence-electron chi connectivity index (χ4n) is 3.46. The highest BCUT2D eigenvalue weighted by atomic mass is 79.9. The third-order valence-corrected chi connectivity index (χ3v) is 5.56. The second-order valence-electron chi connectivity index (χ2n) is 7.36. The van der Waals surface area contributed by atoms with Crippen molar-refractivity contribution in [3.63, 3.8) is 0 Å². The molecule has 0 saturated heterocycles. The molecule has 32 heavy (non-hydrogen) atoms. The smallest absolute Gasteiger partial charge is 0.339 e. The first-order valence-corrected chi connectivity index (χ1v) is 11.0. The Bertz CT molecular complexity index is 1270. The average Bonchev–Trinajstić information content (AvgIpc) is 2.82. The van der Waals surface area contributed by atoms with E-state index in [1.165, 1.54) is 0 Å². The van der Waals surface area contributed by atoms with E-state index in [1.54, 1.807) is 6.07 Å². The molecule has 0 unspecified atom stereocenters. The molecule has 5 nitrogen and oxygen atoms in total. The number of benzene rings is 3. The van der Waals surface area contributed by atoms with Gasteiger partial charge in [0.1, 0.15) is 0 Å². The summed E-state index contributed by atoms with van der Waals surface area (Å²) in [7, 11) is 0. The molecule has 0 aliphatic carbocycles. The fourth-order valence-corrected chi connectivity index (χ4v) is 3.86. The van der Waals surface area contributed by atoms with Crippen LogP contribution in [0.5, 0.6) is 0 Å². The number of para-hydroxylation sites is 1. The van der Waals surface area contributed by atoms with Crippen molar-refractivity contribution in [2.75, 3.05) is 6.61 Å². The lowest BCUT2D eigenvalue weighted by atomic mass is 10.0. The van der Waals surface area contributed by atoms with Crippen molar-refractivity contribution in [1.82, 2.24) is 10.3 Å². The van der Waals surface area contributed by atoms with Crippen LogP contribution in [0.15, 0.2) is 89.4 Å². The molecule has 3 aromatic carbocycles. The summed E-state index contributed by atoms with van der Waals surface area (Å²) in [6.07, 6.45) is 0. The lowest BCUT2D eigenvalue weighted by Gasteiger charge is -2.15. The van der Waals surface area contributed by atoms with Crippen LogP contribution in [0.25, 0.3) is 22.2 Å². The van der Waals surface area contributed by atoms with E-state index in [0.29, 0.717) is 22.2 Å². The minimum absolute atomic E-state index is 0.188. The van der Waals surface area contributed by atoms with Gasteiger partial charge in [0.2, 0.25) is 0 Å². The number of carbonyl (C=O) groups is 2. The third-order valence-electron chi connectivity index (χ3n) is 5.07. The molecule has 1 heterocycles. The molecule has 6 heteroatoms. The largest absolute Gasteiger partial charge is 0.452 e. The third kappa shape index (κ3) is 5.03. The van der Waals surface area contributed by atoms with E-state index in [1.807, 2.05) is 85.8 Å². The molecule has 1 N–H and O–H groups in total. The number of fused-ring (bicyclic) bond motifs is 1. The highest BCUT2D eigenvalue weighted by Gasteiger charge is 2.17. The van der Waals surface area contributed by atoms with Crippen LogP contribution < -0.4 is 5.32 Å². The van der Waals surface area contributed by atoms with Crippen LogP contribution in [0, 0.1) is 0 Å². The van der Waals surface area contributed by atoms with Crippen LogP contribution >= 0.6 is 15.9 Å². The van der Waals surface area contributed by atoms with Gasteiger partial charge in [-0.2, -0.15) is 0 Å². The molecule has 0 aliphatic rings. The van der Waals surface area contributed by atoms with Crippen molar-refractivity contribution in [2.24, 2.45) is 0 Å². The minimum Gasteiger partial charge on any atom is -0.452 e. The van der Waals surface area contributed by atoms with Gasteiger partial charge in [-0.1, -0.05) is 76.6 Å². The van der Waals surface area contributed by atoms with Gasteiger partial charge in [-0.15, -0.1) is 0 Å². The molecular formula is C26H21BrN2O3. The van der Waals surface area contributed by atoms with Crippen LogP contribution in [-0.4, -0.2) is 23.5 Å². The summed E-state index contributed by atoms with van der Waals surface area (Å²) in [4.78, 5) is 30.0. The maximum Gasteiger partial charge on any atom is 0.339 e. The second-order valence-corrected chi connectivity index (χ2v) is 8.27. The Morgan fingerprint density at radius 3 is 2.50 bits per heavy atom. The van der Waals surface area contributed by atoms with Crippen molar-refractivity contribution in [3.8, 4) is 11.3 Å². The monoisotopic (exact) mass is 488 g/mol. The first kappa shape index (κ1) is 21.7. The number of aromatic nitrogens is 1. The molecule has 0 bridgehead atoms. The maximum atomic E-state index is 12.9. The van der Waals surface area contributed by atoms with E-state index in [9.17, 15) is 9.59 Å². The van der Waals surface area contributed by atoms with Gasteiger partial charge in [0.05, 0.1) is 22.8 Å². The number of amides is 1. The topological polar surface area (TPSA) is 68.3 Å².